The van der Waals surface area contributed by atoms with Gasteiger partial charge in [-0.15, -0.1) is 0 Å². The van der Waals surface area contributed by atoms with Crippen molar-refractivity contribution >= 4 is 17.4 Å². The van der Waals surface area contributed by atoms with Gasteiger partial charge in [0.05, 0.1) is 18.2 Å². The lowest BCUT2D eigenvalue weighted by molar-refractivity contribution is -0.139. The van der Waals surface area contributed by atoms with Gasteiger partial charge in [-0.3, -0.25) is 9.59 Å². The molecule has 1 atom stereocenters. The van der Waals surface area contributed by atoms with Gasteiger partial charge in [0.2, 0.25) is 0 Å². The minimum Gasteiger partial charge on any atom is -0.507 e. The van der Waals surface area contributed by atoms with E-state index in [1.165, 1.54) is 0 Å². The number of ketones is 1. The zero-order valence-electron chi connectivity index (χ0n) is 20.7. The number of benzene rings is 3. The van der Waals surface area contributed by atoms with E-state index in [-0.39, 0.29) is 11.3 Å². The maximum absolute atomic E-state index is 13.3. The van der Waals surface area contributed by atoms with Gasteiger partial charge in [0.15, 0.2) is 11.5 Å². The Labute approximate surface area is 215 Å². The number of carbonyl (C=O) groups excluding carboxylic acids is 2. The number of hydrogen-bond donors (Lipinski definition) is 1. The summed E-state index contributed by atoms with van der Waals surface area (Å²) in [5.41, 5.74) is 2.21. The first kappa shape index (κ1) is 24.4. The van der Waals surface area contributed by atoms with Crippen LogP contribution in [-0.4, -0.2) is 48.1 Å². The summed E-state index contributed by atoms with van der Waals surface area (Å²) in [6.45, 7) is 3.80. The Hall–Kier alpha value is -4.26. The maximum Gasteiger partial charge on any atom is 0.295 e. The number of rotatable bonds is 8. The fourth-order valence-corrected chi connectivity index (χ4v) is 4.66. The number of aliphatic hydroxyl groups excluding tert-OH is 1. The van der Waals surface area contributed by atoms with E-state index in [0.717, 1.165) is 17.5 Å². The first-order valence-corrected chi connectivity index (χ1v) is 12.5. The van der Waals surface area contributed by atoms with Crippen LogP contribution < -0.4 is 14.2 Å². The summed E-state index contributed by atoms with van der Waals surface area (Å²) in [6.07, 6.45) is 1.46. The van der Waals surface area contributed by atoms with Gasteiger partial charge in [0.1, 0.15) is 24.7 Å². The molecule has 0 unspecified atom stereocenters. The maximum atomic E-state index is 13.3. The molecule has 2 heterocycles. The number of likely N-dealkylation sites (tertiary alicyclic amines) is 1. The van der Waals surface area contributed by atoms with Crippen molar-refractivity contribution in [3.8, 4) is 17.2 Å². The zero-order chi connectivity index (χ0) is 25.8. The highest BCUT2D eigenvalue weighted by Crippen LogP contribution is 2.41. The van der Waals surface area contributed by atoms with E-state index < -0.39 is 17.7 Å². The fourth-order valence-electron chi connectivity index (χ4n) is 4.66. The first-order chi connectivity index (χ1) is 18.1. The van der Waals surface area contributed by atoms with Crippen molar-refractivity contribution in [1.29, 1.82) is 0 Å². The highest BCUT2D eigenvalue weighted by molar-refractivity contribution is 6.46. The molecule has 5 rings (SSSR count). The lowest BCUT2D eigenvalue weighted by Crippen LogP contribution is -2.31. The molecule has 1 N–H and O–H groups in total. The summed E-state index contributed by atoms with van der Waals surface area (Å²) in [5.74, 6) is 0.184. The molecule has 7 heteroatoms. The standard InChI is InChI=1S/C30H29NO6/c1-2-16-35-23-11-8-21(9-12-23)27-26(28(32)22-10-13-24-25(19-22)37-18-17-36-24)29(33)30(34)31(27)15-14-20-6-4-3-5-7-20/h3-13,19,27,32H,2,14-18H2,1H3/b28-26+/t27-/m1/s1. The molecule has 0 aromatic heterocycles. The van der Waals surface area contributed by atoms with Crippen molar-refractivity contribution in [3.05, 3.63) is 95.1 Å². The molecule has 1 saturated heterocycles. The molecule has 3 aromatic rings. The zero-order valence-corrected chi connectivity index (χ0v) is 20.7. The fraction of sp³-hybridized carbons (Fsp3) is 0.267. The molecular weight excluding hydrogens is 470 g/mol. The van der Waals surface area contributed by atoms with Gasteiger partial charge in [-0.25, -0.2) is 0 Å². The van der Waals surface area contributed by atoms with Crippen molar-refractivity contribution in [3.63, 3.8) is 0 Å². The molecule has 0 radical (unpaired) electrons. The Morgan fingerprint density at radius 1 is 0.973 bits per heavy atom. The van der Waals surface area contributed by atoms with E-state index in [2.05, 4.69) is 0 Å². The third kappa shape index (κ3) is 5.03. The largest absolute Gasteiger partial charge is 0.507 e. The molecule has 0 spiro atoms. The van der Waals surface area contributed by atoms with E-state index in [1.54, 1.807) is 23.1 Å². The van der Waals surface area contributed by atoms with Crippen LogP contribution in [0, 0.1) is 0 Å². The van der Waals surface area contributed by atoms with Gasteiger partial charge >= 0.3 is 0 Å². The lowest BCUT2D eigenvalue weighted by Gasteiger charge is -2.26. The Morgan fingerprint density at radius 3 is 2.43 bits per heavy atom. The molecule has 1 amide bonds. The van der Waals surface area contributed by atoms with Crippen LogP contribution in [0.4, 0.5) is 0 Å². The number of amides is 1. The number of fused-ring (bicyclic) bond motifs is 1. The van der Waals surface area contributed by atoms with Crippen molar-refractivity contribution in [2.24, 2.45) is 0 Å². The van der Waals surface area contributed by atoms with Crippen LogP contribution in [0.15, 0.2) is 78.4 Å². The molecule has 190 valence electrons. The van der Waals surface area contributed by atoms with Crippen LogP contribution in [0.3, 0.4) is 0 Å². The van der Waals surface area contributed by atoms with Crippen LogP contribution in [-0.2, 0) is 16.0 Å². The van der Waals surface area contributed by atoms with E-state index in [4.69, 9.17) is 14.2 Å². The smallest absolute Gasteiger partial charge is 0.295 e. The predicted molar refractivity (Wildman–Crippen MR) is 139 cm³/mol. The summed E-state index contributed by atoms with van der Waals surface area (Å²) in [7, 11) is 0. The molecule has 7 nitrogen and oxygen atoms in total. The predicted octanol–water partition coefficient (Wildman–Crippen LogP) is 4.91. The Morgan fingerprint density at radius 2 is 1.70 bits per heavy atom. The number of carbonyl (C=O) groups is 2. The van der Waals surface area contributed by atoms with Gasteiger partial charge in [0, 0.05) is 12.1 Å². The quantitative estimate of drug-likeness (QED) is 0.269. The summed E-state index contributed by atoms with van der Waals surface area (Å²) >= 11 is 0. The van der Waals surface area contributed by atoms with Gasteiger partial charge < -0.3 is 24.2 Å². The average molecular weight is 500 g/mol. The minimum absolute atomic E-state index is 0.0527. The van der Waals surface area contributed by atoms with E-state index >= 15 is 0 Å². The number of Topliss-reactive ketones (excluding diaryl/α,β-unsaturated/α-hetero) is 1. The van der Waals surface area contributed by atoms with E-state index in [1.807, 2.05) is 61.5 Å². The van der Waals surface area contributed by atoms with Gasteiger partial charge in [-0.2, -0.15) is 0 Å². The molecular formula is C30H29NO6. The molecule has 1 fully saturated rings. The molecule has 0 saturated carbocycles. The Bertz CT molecular complexity index is 1320. The van der Waals surface area contributed by atoms with Gasteiger partial charge in [-0.05, 0) is 54.3 Å². The second kappa shape index (κ2) is 10.8. The average Bonchev–Trinajstić information content (AvgIpc) is 3.20. The molecule has 0 bridgehead atoms. The highest BCUT2D eigenvalue weighted by atomic mass is 16.6. The first-order valence-electron chi connectivity index (χ1n) is 12.5. The van der Waals surface area contributed by atoms with Crippen molar-refractivity contribution in [2.45, 2.75) is 25.8 Å². The number of aliphatic hydroxyl groups is 1. The van der Waals surface area contributed by atoms with Crippen molar-refractivity contribution in [2.75, 3.05) is 26.4 Å². The number of hydrogen-bond acceptors (Lipinski definition) is 6. The Kier molecular flexibility index (Phi) is 7.12. The SMILES string of the molecule is CCCOc1ccc([C@@H]2/C(=C(\O)c3ccc4c(c3)OCCO4)C(=O)C(=O)N2CCc2ccccc2)cc1. The number of ether oxygens (including phenoxy) is 3. The van der Waals surface area contributed by atoms with Crippen LogP contribution in [0.5, 0.6) is 17.2 Å². The molecule has 2 aliphatic rings. The van der Waals surface area contributed by atoms with Gasteiger partial charge in [-0.1, -0.05) is 49.4 Å². The van der Waals surface area contributed by atoms with Crippen molar-refractivity contribution < 1.29 is 28.9 Å². The van der Waals surface area contributed by atoms with Crippen LogP contribution >= 0.6 is 0 Å². The van der Waals surface area contributed by atoms with Crippen LogP contribution in [0.1, 0.15) is 36.1 Å². The normalized spacial score (nSPS) is 18.2. The van der Waals surface area contributed by atoms with E-state index in [0.29, 0.717) is 55.6 Å². The second-order valence-corrected chi connectivity index (χ2v) is 9.00. The van der Waals surface area contributed by atoms with Gasteiger partial charge in [0.25, 0.3) is 11.7 Å². The van der Waals surface area contributed by atoms with Crippen LogP contribution in [0.2, 0.25) is 0 Å². The molecule has 37 heavy (non-hydrogen) atoms. The molecule has 3 aromatic carbocycles. The van der Waals surface area contributed by atoms with Crippen molar-refractivity contribution in [1.82, 2.24) is 4.90 Å². The summed E-state index contributed by atoms with van der Waals surface area (Å²) in [6, 6.07) is 21.4. The summed E-state index contributed by atoms with van der Waals surface area (Å²) in [4.78, 5) is 28.1. The molecule has 0 aliphatic carbocycles. The Balaban J connectivity index is 1.54. The summed E-state index contributed by atoms with van der Waals surface area (Å²) < 4.78 is 16.9. The van der Waals surface area contributed by atoms with E-state index in [9.17, 15) is 14.7 Å². The number of nitrogens with zero attached hydrogens (tertiary/aromatic N) is 1. The third-order valence-electron chi connectivity index (χ3n) is 6.51. The summed E-state index contributed by atoms with van der Waals surface area (Å²) in [5, 5.41) is 11.4. The monoisotopic (exact) mass is 499 g/mol. The minimum atomic E-state index is -0.739. The van der Waals surface area contributed by atoms with Crippen LogP contribution in [0.25, 0.3) is 5.76 Å². The second-order valence-electron chi connectivity index (χ2n) is 9.00. The highest BCUT2D eigenvalue weighted by Gasteiger charge is 2.46. The topological polar surface area (TPSA) is 85.3 Å². The lowest BCUT2D eigenvalue weighted by atomic mass is 9.95. The molecule has 2 aliphatic heterocycles. The third-order valence-corrected chi connectivity index (χ3v) is 6.51.